The van der Waals surface area contributed by atoms with Gasteiger partial charge in [0.05, 0.1) is 12.8 Å². The zero-order valence-corrected chi connectivity index (χ0v) is 18.3. The largest absolute Gasteiger partial charge is 0.497 e. The molecule has 0 spiro atoms. The lowest BCUT2D eigenvalue weighted by atomic mass is 10.2. The molecule has 0 saturated heterocycles. The molecule has 0 unspecified atom stereocenters. The first-order valence-electron chi connectivity index (χ1n) is 9.85. The molecule has 2 aromatic carbocycles. The second-order valence-corrected chi connectivity index (χ2v) is 7.37. The van der Waals surface area contributed by atoms with Crippen LogP contribution in [0.1, 0.15) is 24.5 Å². The highest BCUT2D eigenvalue weighted by Crippen LogP contribution is 2.19. The van der Waals surface area contributed by atoms with Crippen molar-refractivity contribution in [2.75, 3.05) is 7.11 Å². The molecule has 0 aliphatic rings. The topological polar surface area (TPSA) is 82.5 Å². The standard InChI is InChI=1S/C23H24ClN3O4/c1-4-20(23(29)25-14-16-6-9-18(30-3)10-7-16)31-21-11-12-22(28)27(26-21)19-13-17(24)8-5-15(19)2/h5-13,20H,4,14H2,1-3H3,(H,25,29)/t20-/m0/s1. The Morgan fingerprint density at radius 3 is 2.58 bits per heavy atom. The lowest BCUT2D eigenvalue weighted by Crippen LogP contribution is -2.38. The first-order chi connectivity index (χ1) is 14.9. The van der Waals surface area contributed by atoms with E-state index in [4.69, 9.17) is 21.1 Å². The number of nitrogens with one attached hydrogen (secondary N) is 1. The van der Waals surface area contributed by atoms with Crippen LogP contribution in [0.4, 0.5) is 0 Å². The van der Waals surface area contributed by atoms with E-state index in [-0.39, 0.29) is 17.3 Å². The quantitative estimate of drug-likeness (QED) is 0.576. The molecule has 0 bridgehead atoms. The van der Waals surface area contributed by atoms with E-state index in [0.29, 0.717) is 23.7 Å². The van der Waals surface area contributed by atoms with E-state index in [2.05, 4.69) is 10.4 Å². The van der Waals surface area contributed by atoms with Gasteiger partial charge >= 0.3 is 0 Å². The van der Waals surface area contributed by atoms with Gasteiger partial charge in [0.1, 0.15) is 5.75 Å². The number of aryl methyl sites for hydroxylation is 1. The molecule has 0 aliphatic carbocycles. The van der Waals surface area contributed by atoms with Crippen molar-refractivity contribution in [3.63, 3.8) is 0 Å². The van der Waals surface area contributed by atoms with E-state index in [1.165, 1.54) is 16.8 Å². The van der Waals surface area contributed by atoms with Gasteiger partial charge in [-0.3, -0.25) is 9.59 Å². The third-order valence-corrected chi connectivity index (χ3v) is 4.96. The van der Waals surface area contributed by atoms with Crippen LogP contribution >= 0.6 is 11.6 Å². The number of aromatic nitrogens is 2. The smallest absolute Gasteiger partial charge is 0.271 e. The van der Waals surface area contributed by atoms with Crippen LogP contribution in [0.3, 0.4) is 0 Å². The van der Waals surface area contributed by atoms with Crippen molar-refractivity contribution < 1.29 is 14.3 Å². The molecular weight excluding hydrogens is 418 g/mol. The first kappa shape index (κ1) is 22.4. The minimum Gasteiger partial charge on any atom is -0.497 e. The summed E-state index contributed by atoms with van der Waals surface area (Å²) in [4.78, 5) is 25.0. The van der Waals surface area contributed by atoms with E-state index < -0.39 is 6.10 Å². The van der Waals surface area contributed by atoms with Gasteiger partial charge in [-0.25, -0.2) is 0 Å². The van der Waals surface area contributed by atoms with Gasteiger partial charge in [-0.15, -0.1) is 5.10 Å². The van der Waals surface area contributed by atoms with E-state index in [9.17, 15) is 9.59 Å². The highest BCUT2D eigenvalue weighted by atomic mass is 35.5. The number of carbonyl (C=O) groups is 1. The molecule has 0 fully saturated rings. The summed E-state index contributed by atoms with van der Waals surface area (Å²) in [6, 6.07) is 15.4. The minimum atomic E-state index is -0.753. The van der Waals surface area contributed by atoms with Gasteiger partial charge in [0, 0.05) is 23.7 Å². The maximum absolute atomic E-state index is 12.6. The van der Waals surface area contributed by atoms with Gasteiger partial charge in [-0.05, 0) is 48.7 Å². The number of methoxy groups -OCH3 is 1. The Kier molecular flexibility index (Phi) is 7.31. The van der Waals surface area contributed by atoms with Gasteiger partial charge in [0.2, 0.25) is 5.88 Å². The summed E-state index contributed by atoms with van der Waals surface area (Å²) in [5.74, 6) is 0.656. The van der Waals surface area contributed by atoms with Crippen LogP contribution < -0.4 is 20.3 Å². The Morgan fingerprint density at radius 2 is 1.90 bits per heavy atom. The highest BCUT2D eigenvalue weighted by Gasteiger charge is 2.19. The molecule has 31 heavy (non-hydrogen) atoms. The molecule has 0 aliphatic heterocycles. The van der Waals surface area contributed by atoms with Crippen LogP contribution in [0.5, 0.6) is 11.6 Å². The van der Waals surface area contributed by atoms with Crippen molar-refractivity contribution in [3.05, 3.63) is 81.1 Å². The number of halogens is 1. The normalized spacial score (nSPS) is 11.6. The average Bonchev–Trinajstić information content (AvgIpc) is 2.79. The molecule has 1 amide bonds. The molecule has 1 N–H and O–H groups in total. The summed E-state index contributed by atoms with van der Waals surface area (Å²) in [6.07, 6.45) is -0.317. The van der Waals surface area contributed by atoms with Crippen molar-refractivity contribution in [1.82, 2.24) is 15.1 Å². The Hall–Kier alpha value is -3.32. The van der Waals surface area contributed by atoms with Crippen molar-refractivity contribution in [2.45, 2.75) is 32.9 Å². The molecule has 8 heteroatoms. The van der Waals surface area contributed by atoms with E-state index in [0.717, 1.165) is 16.9 Å². The fourth-order valence-corrected chi connectivity index (χ4v) is 3.12. The van der Waals surface area contributed by atoms with Gasteiger partial charge in [-0.1, -0.05) is 36.7 Å². The summed E-state index contributed by atoms with van der Waals surface area (Å²) in [5, 5.41) is 7.64. The molecular formula is C23H24ClN3O4. The van der Waals surface area contributed by atoms with Crippen LogP contribution in [-0.2, 0) is 11.3 Å². The maximum atomic E-state index is 12.6. The number of nitrogens with zero attached hydrogens (tertiary/aromatic N) is 2. The van der Waals surface area contributed by atoms with Crippen LogP contribution in [0, 0.1) is 6.92 Å². The Morgan fingerprint density at radius 1 is 1.16 bits per heavy atom. The molecule has 3 rings (SSSR count). The molecule has 162 valence electrons. The summed E-state index contributed by atoms with van der Waals surface area (Å²) >= 11 is 6.08. The zero-order valence-electron chi connectivity index (χ0n) is 17.6. The van der Waals surface area contributed by atoms with Crippen LogP contribution in [-0.4, -0.2) is 28.9 Å². The molecule has 1 heterocycles. The first-order valence-corrected chi connectivity index (χ1v) is 10.2. The number of benzene rings is 2. The maximum Gasteiger partial charge on any atom is 0.271 e. The van der Waals surface area contributed by atoms with Crippen LogP contribution in [0.25, 0.3) is 5.69 Å². The lowest BCUT2D eigenvalue weighted by molar-refractivity contribution is -0.128. The molecule has 3 aromatic rings. The van der Waals surface area contributed by atoms with Gasteiger partial charge in [0.15, 0.2) is 6.10 Å². The fraction of sp³-hybridized carbons (Fsp3) is 0.261. The monoisotopic (exact) mass is 441 g/mol. The second kappa shape index (κ2) is 10.1. The predicted molar refractivity (Wildman–Crippen MR) is 119 cm³/mol. The van der Waals surface area contributed by atoms with Crippen molar-refractivity contribution in [3.8, 4) is 17.3 Å². The average molecular weight is 442 g/mol. The summed E-state index contributed by atoms with van der Waals surface area (Å²) in [7, 11) is 1.60. The number of hydrogen-bond acceptors (Lipinski definition) is 5. The number of ether oxygens (including phenoxy) is 2. The summed E-state index contributed by atoms with van der Waals surface area (Å²) in [5.41, 5.74) is 2.00. The number of rotatable bonds is 8. The lowest BCUT2D eigenvalue weighted by Gasteiger charge is -2.17. The SMILES string of the molecule is CC[C@H](Oc1ccc(=O)n(-c2cc(Cl)ccc2C)n1)C(=O)NCc1ccc(OC)cc1. The predicted octanol–water partition coefficient (Wildman–Crippen LogP) is 3.68. The van der Waals surface area contributed by atoms with Gasteiger partial charge in [0.25, 0.3) is 11.5 Å². The number of amides is 1. The van der Waals surface area contributed by atoms with Crippen LogP contribution in [0.2, 0.25) is 5.02 Å². The molecule has 1 aromatic heterocycles. The Balaban J connectivity index is 1.72. The fourth-order valence-electron chi connectivity index (χ4n) is 2.95. The number of hydrogen-bond donors (Lipinski definition) is 1. The summed E-state index contributed by atoms with van der Waals surface area (Å²) in [6.45, 7) is 4.06. The Bertz CT molecular complexity index is 1110. The molecule has 0 radical (unpaired) electrons. The zero-order chi connectivity index (χ0) is 22.4. The van der Waals surface area contributed by atoms with E-state index in [1.807, 2.05) is 38.1 Å². The third-order valence-electron chi connectivity index (χ3n) is 4.73. The highest BCUT2D eigenvalue weighted by molar-refractivity contribution is 6.30. The third kappa shape index (κ3) is 5.64. The minimum absolute atomic E-state index is 0.172. The van der Waals surface area contributed by atoms with Gasteiger partial charge < -0.3 is 14.8 Å². The summed E-state index contributed by atoms with van der Waals surface area (Å²) < 4.78 is 12.2. The number of carbonyl (C=O) groups excluding carboxylic acids is 1. The molecule has 1 atom stereocenters. The van der Waals surface area contributed by atoms with E-state index in [1.54, 1.807) is 25.3 Å². The van der Waals surface area contributed by atoms with Crippen molar-refractivity contribution in [1.29, 1.82) is 0 Å². The van der Waals surface area contributed by atoms with Crippen molar-refractivity contribution in [2.24, 2.45) is 0 Å². The molecule has 0 saturated carbocycles. The second-order valence-electron chi connectivity index (χ2n) is 6.93. The van der Waals surface area contributed by atoms with Crippen LogP contribution in [0.15, 0.2) is 59.4 Å². The Labute approximate surface area is 185 Å². The van der Waals surface area contributed by atoms with E-state index >= 15 is 0 Å². The van der Waals surface area contributed by atoms with Gasteiger partial charge in [-0.2, -0.15) is 4.68 Å². The van der Waals surface area contributed by atoms with Crippen molar-refractivity contribution >= 4 is 17.5 Å². The molecule has 7 nitrogen and oxygen atoms in total.